The highest BCUT2D eigenvalue weighted by atomic mass is 19.4. The highest BCUT2D eigenvalue weighted by Gasteiger charge is 2.55. The smallest absolute Gasteiger partial charge is 0.375 e. The summed E-state index contributed by atoms with van der Waals surface area (Å²) in [4.78, 5) is 24.0. The zero-order valence-electron chi connectivity index (χ0n) is 14.7. The summed E-state index contributed by atoms with van der Waals surface area (Å²) in [6, 6.07) is 11.6. The summed E-state index contributed by atoms with van der Waals surface area (Å²) >= 11 is 0. The van der Waals surface area contributed by atoms with Gasteiger partial charge in [0, 0.05) is 5.69 Å². The van der Waals surface area contributed by atoms with Crippen LogP contribution in [0.1, 0.15) is 16.7 Å². The number of hydrogen-bond donors (Lipinski definition) is 3. The van der Waals surface area contributed by atoms with E-state index in [1.165, 1.54) is 18.2 Å². The second-order valence-corrected chi connectivity index (χ2v) is 6.13. The molecule has 0 spiro atoms. The molecular formula is C19H19F3N2O3. The number of aryl methyl sites for hydroxylation is 2. The van der Waals surface area contributed by atoms with Crippen LogP contribution in [-0.4, -0.2) is 29.6 Å². The predicted molar refractivity (Wildman–Crippen MR) is 93.9 cm³/mol. The van der Waals surface area contributed by atoms with Crippen LogP contribution in [0.3, 0.4) is 0 Å². The first kappa shape index (κ1) is 20.4. The Morgan fingerprint density at radius 2 is 1.48 bits per heavy atom. The third kappa shape index (κ3) is 4.46. The highest BCUT2D eigenvalue weighted by Crippen LogP contribution is 2.38. The molecule has 0 heterocycles. The molecule has 0 bridgehead atoms. The van der Waals surface area contributed by atoms with Crippen molar-refractivity contribution in [2.45, 2.75) is 25.6 Å². The zero-order valence-corrected chi connectivity index (χ0v) is 14.7. The number of anilines is 1. The van der Waals surface area contributed by atoms with E-state index in [4.69, 9.17) is 0 Å². The minimum atomic E-state index is -5.05. The summed E-state index contributed by atoms with van der Waals surface area (Å²) in [6.45, 7) is 2.25. The molecule has 27 heavy (non-hydrogen) atoms. The molecule has 5 nitrogen and oxygen atoms in total. The fraction of sp³-hybridized carbons (Fsp3) is 0.263. The molecule has 0 fully saturated rings. The van der Waals surface area contributed by atoms with E-state index in [-0.39, 0.29) is 0 Å². The van der Waals surface area contributed by atoms with E-state index in [2.05, 4.69) is 5.32 Å². The Morgan fingerprint density at radius 1 is 0.926 bits per heavy atom. The lowest BCUT2D eigenvalue weighted by Gasteiger charge is -2.31. The topological polar surface area (TPSA) is 78.4 Å². The predicted octanol–water partition coefficient (Wildman–Crippen LogP) is 2.81. The molecule has 2 aromatic carbocycles. The van der Waals surface area contributed by atoms with Crippen LogP contribution in [0.5, 0.6) is 0 Å². The highest BCUT2D eigenvalue weighted by molar-refractivity contribution is 6.39. The lowest BCUT2D eigenvalue weighted by Crippen LogP contribution is -2.52. The molecule has 1 unspecified atom stereocenters. The van der Waals surface area contributed by atoms with E-state index in [9.17, 15) is 27.9 Å². The molecule has 2 rings (SSSR count). The number of carbonyl (C=O) groups excluding carboxylic acids is 2. The van der Waals surface area contributed by atoms with Crippen LogP contribution in [0.25, 0.3) is 0 Å². The van der Waals surface area contributed by atoms with Gasteiger partial charge in [-0.3, -0.25) is 9.59 Å². The number of halogens is 3. The number of alkyl halides is 3. The number of para-hydroxylation sites is 1. The van der Waals surface area contributed by atoms with Crippen LogP contribution in [0.4, 0.5) is 18.9 Å². The molecule has 0 saturated heterocycles. The maximum Gasteiger partial charge on any atom is 0.423 e. The van der Waals surface area contributed by atoms with E-state index in [0.29, 0.717) is 16.8 Å². The molecular weight excluding hydrogens is 361 g/mol. The van der Waals surface area contributed by atoms with Crippen molar-refractivity contribution < 1.29 is 27.9 Å². The van der Waals surface area contributed by atoms with Gasteiger partial charge in [-0.1, -0.05) is 48.5 Å². The summed E-state index contributed by atoms with van der Waals surface area (Å²) in [5.74, 6) is -2.40. The summed E-state index contributed by atoms with van der Waals surface area (Å²) in [5, 5.41) is 14.4. The van der Waals surface area contributed by atoms with Gasteiger partial charge in [0.2, 0.25) is 5.60 Å². The summed E-state index contributed by atoms with van der Waals surface area (Å²) in [5.41, 5.74) is -1.94. The van der Waals surface area contributed by atoms with Gasteiger partial charge in [0.05, 0.1) is 6.54 Å². The fourth-order valence-electron chi connectivity index (χ4n) is 2.55. The molecule has 1 atom stereocenters. The van der Waals surface area contributed by atoms with Gasteiger partial charge >= 0.3 is 18.0 Å². The van der Waals surface area contributed by atoms with Crippen molar-refractivity contribution in [2.24, 2.45) is 0 Å². The van der Waals surface area contributed by atoms with Gasteiger partial charge in [0.1, 0.15) is 0 Å². The zero-order chi connectivity index (χ0) is 20.2. The normalized spacial score (nSPS) is 13.6. The van der Waals surface area contributed by atoms with Gasteiger partial charge < -0.3 is 15.7 Å². The fourth-order valence-corrected chi connectivity index (χ4v) is 2.55. The van der Waals surface area contributed by atoms with E-state index >= 15 is 0 Å². The van der Waals surface area contributed by atoms with Crippen molar-refractivity contribution in [3.05, 3.63) is 65.2 Å². The molecule has 144 valence electrons. The second-order valence-electron chi connectivity index (χ2n) is 6.13. The molecule has 0 aliphatic heterocycles. The average Bonchev–Trinajstić information content (AvgIpc) is 2.62. The summed E-state index contributed by atoms with van der Waals surface area (Å²) < 4.78 is 40.2. The van der Waals surface area contributed by atoms with Crippen LogP contribution in [-0.2, 0) is 15.2 Å². The van der Waals surface area contributed by atoms with Crippen LogP contribution in [0.15, 0.2) is 48.5 Å². The molecule has 0 aliphatic rings. The Kier molecular flexibility index (Phi) is 5.90. The van der Waals surface area contributed by atoms with Crippen LogP contribution in [0.2, 0.25) is 0 Å². The Labute approximate surface area is 154 Å². The molecule has 0 saturated carbocycles. The Morgan fingerprint density at radius 3 is 2.00 bits per heavy atom. The van der Waals surface area contributed by atoms with Crippen molar-refractivity contribution in [2.75, 3.05) is 11.9 Å². The quantitative estimate of drug-likeness (QED) is 0.714. The van der Waals surface area contributed by atoms with Crippen LogP contribution in [0, 0.1) is 13.8 Å². The van der Waals surface area contributed by atoms with Crippen molar-refractivity contribution in [1.82, 2.24) is 5.32 Å². The Hall–Kier alpha value is -2.87. The van der Waals surface area contributed by atoms with Gasteiger partial charge in [-0.2, -0.15) is 13.2 Å². The Balaban J connectivity index is 2.13. The van der Waals surface area contributed by atoms with Crippen molar-refractivity contribution in [3.8, 4) is 0 Å². The lowest BCUT2D eigenvalue weighted by atomic mass is 9.93. The lowest BCUT2D eigenvalue weighted by molar-refractivity contribution is -0.264. The maximum atomic E-state index is 13.4. The second kappa shape index (κ2) is 7.79. The number of benzene rings is 2. The van der Waals surface area contributed by atoms with Gasteiger partial charge in [0.25, 0.3) is 0 Å². The van der Waals surface area contributed by atoms with E-state index in [0.717, 1.165) is 12.1 Å². The van der Waals surface area contributed by atoms with Gasteiger partial charge in [-0.05, 0) is 30.5 Å². The largest absolute Gasteiger partial charge is 0.423 e. The maximum absolute atomic E-state index is 13.4. The number of carbonyl (C=O) groups is 2. The number of amides is 2. The SMILES string of the molecule is Cc1cccc(C)c1NC(=O)C(=O)NCC(O)(c1ccccc1)C(F)(F)F. The number of hydrogen-bond acceptors (Lipinski definition) is 3. The van der Waals surface area contributed by atoms with Crippen LogP contribution < -0.4 is 10.6 Å². The third-order valence-electron chi connectivity index (χ3n) is 4.15. The van der Waals surface area contributed by atoms with Crippen molar-refractivity contribution >= 4 is 17.5 Å². The van der Waals surface area contributed by atoms with E-state index in [1.54, 1.807) is 32.0 Å². The summed E-state index contributed by atoms with van der Waals surface area (Å²) in [7, 11) is 0. The van der Waals surface area contributed by atoms with Crippen molar-refractivity contribution in [3.63, 3.8) is 0 Å². The van der Waals surface area contributed by atoms with Gasteiger partial charge in [0.15, 0.2) is 0 Å². The van der Waals surface area contributed by atoms with E-state index in [1.807, 2.05) is 5.32 Å². The number of aliphatic hydroxyl groups is 1. The third-order valence-corrected chi connectivity index (χ3v) is 4.15. The molecule has 0 aromatic heterocycles. The minimum Gasteiger partial charge on any atom is -0.375 e. The number of rotatable bonds is 4. The molecule has 2 amide bonds. The van der Waals surface area contributed by atoms with Crippen molar-refractivity contribution in [1.29, 1.82) is 0 Å². The Bertz CT molecular complexity index is 818. The molecule has 8 heteroatoms. The summed E-state index contributed by atoms with van der Waals surface area (Å²) in [6.07, 6.45) is -5.05. The first-order chi connectivity index (χ1) is 12.6. The molecule has 0 radical (unpaired) electrons. The minimum absolute atomic E-state index is 0.409. The standard InChI is InChI=1S/C19H19F3N2O3/c1-12-7-6-8-13(2)15(12)24-17(26)16(25)23-11-18(27,19(20,21)22)14-9-4-3-5-10-14/h3-10,27H,11H2,1-2H3,(H,23,25)(H,24,26). The first-order valence-electron chi connectivity index (χ1n) is 8.06. The van der Waals surface area contributed by atoms with Gasteiger partial charge in [-0.25, -0.2) is 0 Å². The van der Waals surface area contributed by atoms with E-state index < -0.39 is 35.7 Å². The molecule has 0 aliphatic carbocycles. The van der Waals surface area contributed by atoms with Crippen LogP contribution >= 0.6 is 0 Å². The first-order valence-corrected chi connectivity index (χ1v) is 8.06. The van der Waals surface area contributed by atoms with Gasteiger partial charge in [-0.15, -0.1) is 0 Å². The molecule has 2 aromatic rings. The monoisotopic (exact) mass is 380 g/mol. The average molecular weight is 380 g/mol. The molecule has 3 N–H and O–H groups in total. The number of nitrogens with one attached hydrogen (secondary N) is 2.